The lowest BCUT2D eigenvalue weighted by Gasteiger charge is -2.33. The van der Waals surface area contributed by atoms with Gasteiger partial charge in [0.2, 0.25) is 0 Å². The van der Waals surface area contributed by atoms with Crippen molar-refractivity contribution in [1.82, 2.24) is 0 Å². The zero-order valence-corrected chi connectivity index (χ0v) is 13.2. The summed E-state index contributed by atoms with van der Waals surface area (Å²) < 4.78 is 10.2. The van der Waals surface area contributed by atoms with Crippen molar-refractivity contribution in [2.45, 2.75) is 53.4 Å². The van der Waals surface area contributed by atoms with Gasteiger partial charge in [-0.1, -0.05) is 46.8 Å². The van der Waals surface area contributed by atoms with Gasteiger partial charge < -0.3 is 9.47 Å². The zero-order valence-electron chi connectivity index (χ0n) is 13.2. The van der Waals surface area contributed by atoms with E-state index in [-0.39, 0.29) is 12.2 Å². The molecule has 19 heavy (non-hydrogen) atoms. The molecule has 0 bridgehead atoms. The summed E-state index contributed by atoms with van der Waals surface area (Å²) in [5.74, 6) is 0.860. The average molecular weight is 263 g/mol. The lowest BCUT2D eigenvalue weighted by molar-refractivity contribution is 0.0750. The minimum atomic E-state index is 0.157. The quantitative estimate of drug-likeness (QED) is 0.707. The Labute approximate surface area is 118 Å². The molecule has 0 saturated carbocycles. The molecule has 0 atom stereocenters. The molecule has 1 rings (SSSR count). The fourth-order valence-electron chi connectivity index (χ4n) is 2.77. The summed E-state index contributed by atoms with van der Waals surface area (Å²) in [7, 11) is 3.30. The first kappa shape index (κ1) is 16.0. The SMILES string of the molecule is [CH2]OCOc1ccc(C(C)(C)CC(C)(C)C)cc1C. The van der Waals surface area contributed by atoms with Gasteiger partial charge in [-0.05, 0) is 41.4 Å². The van der Waals surface area contributed by atoms with Gasteiger partial charge in [-0.25, -0.2) is 0 Å². The first-order chi connectivity index (χ1) is 8.65. The fourth-order valence-corrected chi connectivity index (χ4v) is 2.77. The predicted molar refractivity (Wildman–Crippen MR) is 80.2 cm³/mol. The molecule has 1 aromatic carbocycles. The third-order valence-corrected chi connectivity index (χ3v) is 3.23. The molecule has 0 spiro atoms. The number of hydrogen-bond acceptors (Lipinski definition) is 2. The fraction of sp³-hybridized carbons (Fsp3) is 0.588. The summed E-state index contributed by atoms with van der Waals surface area (Å²) in [6.07, 6.45) is 1.14. The molecule has 0 saturated heterocycles. The summed E-state index contributed by atoms with van der Waals surface area (Å²) in [6.45, 7) is 13.7. The van der Waals surface area contributed by atoms with Crippen molar-refractivity contribution in [3.63, 3.8) is 0 Å². The number of hydrogen-bond donors (Lipinski definition) is 0. The van der Waals surface area contributed by atoms with Crippen LogP contribution in [0.1, 0.15) is 52.2 Å². The Morgan fingerprint density at radius 1 is 1.11 bits per heavy atom. The van der Waals surface area contributed by atoms with Gasteiger partial charge >= 0.3 is 0 Å². The lowest BCUT2D eigenvalue weighted by Crippen LogP contribution is -2.24. The second-order valence-corrected chi connectivity index (χ2v) is 7.07. The molecule has 0 fully saturated rings. The molecule has 0 N–H and O–H groups in total. The normalized spacial score (nSPS) is 12.6. The lowest BCUT2D eigenvalue weighted by atomic mass is 9.72. The van der Waals surface area contributed by atoms with E-state index in [4.69, 9.17) is 9.47 Å². The van der Waals surface area contributed by atoms with Crippen molar-refractivity contribution >= 4 is 0 Å². The maximum absolute atomic E-state index is 5.47. The summed E-state index contributed by atoms with van der Waals surface area (Å²) in [6, 6.07) is 6.38. The molecule has 1 radical (unpaired) electrons. The largest absolute Gasteiger partial charge is 0.467 e. The summed E-state index contributed by atoms with van der Waals surface area (Å²) in [5.41, 5.74) is 2.96. The zero-order chi connectivity index (χ0) is 14.7. The minimum absolute atomic E-state index is 0.157. The van der Waals surface area contributed by atoms with Crippen LogP contribution in [0.5, 0.6) is 5.75 Å². The van der Waals surface area contributed by atoms with Crippen LogP contribution in [0.15, 0.2) is 18.2 Å². The van der Waals surface area contributed by atoms with E-state index >= 15 is 0 Å². The Morgan fingerprint density at radius 3 is 2.21 bits per heavy atom. The van der Waals surface area contributed by atoms with Crippen molar-refractivity contribution in [3.8, 4) is 5.75 Å². The highest BCUT2D eigenvalue weighted by Gasteiger charge is 2.27. The molecular weight excluding hydrogens is 236 g/mol. The van der Waals surface area contributed by atoms with Gasteiger partial charge in [-0.3, -0.25) is 0 Å². The molecule has 0 amide bonds. The predicted octanol–water partition coefficient (Wildman–Crippen LogP) is 4.85. The molecule has 2 nitrogen and oxygen atoms in total. The maximum Gasteiger partial charge on any atom is 0.189 e. The van der Waals surface area contributed by atoms with Crippen molar-refractivity contribution in [2.75, 3.05) is 6.79 Å². The Bertz CT molecular complexity index is 414. The van der Waals surface area contributed by atoms with E-state index < -0.39 is 0 Å². The Hall–Kier alpha value is -1.02. The third-order valence-electron chi connectivity index (χ3n) is 3.23. The number of benzene rings is 1. The van der Waals surface area contributed by atoms with Gasteiger partial charge in [0.1, 0.15) is 5.75 Å². The van der Waals surface area contributed by atoms with Crippen LogP contribution < -0.4 is 4.74 Å². The average Bonchev–Trinajstić information content (AvgIpc) is 2.24. The minimum Gasteiger partial charge on any atom is -0.467 e. The Morgan fingerprint density at radius 2 is 1.74 bits per heavy atom. The second-order valence-electron chi connectivity index (χ2n) is 7.07. The molecule has 0 aromatic heterocycles. The maximum atomic E-state index is 5.47. The molecule has 0 aliphatic heterocycles. The van der Waals surface area contributed by atoms with Crippen LogP contribution in [0, 0.1) is 19.4 Å². The van der Waals surface area contributed by atoms with Crippen LogP contribution in [0.2, 0.25) is 0 Å². The summed E-state index contributed by atoms with van der Waals surface area (Å²) in [5, 5.41) is 0. The van der Waals surface area contributed by atoms with Gasteiger partial charge in [-0.2, -0.15) is 0 Å². The molecule has 2 heteroatoms. The highest BCUT2D eigenvalue weighted by Crippen LogP contribution is 2.37. The number of ether oxygens (including phenoxy) is 2. The standard InChI is InChI=1S/C17H27O2/c1-13-10-14(8-9-15(13)19-12-18-7)17(5,6)11-16(2,3)4/h8-10H,7,11-12H2,1-6H3. The molecule has 1 aromatic rings. The number of aryl methyl sites for hydroxylation is 1. The molecule has 107 valence electrons. The van der Waals surface area contributed by atoms with Crippen LogP contribution in [0.4, 0.5) is 0 Å². The smallest absolute Gasteiger partial charge is 0.189 e. The molecule has 0 aliphatic rings. The van der Waals surface area contributed by atoms with E-state index in [1.165, 1.54) is 5.56 Å². The molecular formula is C17H27O2. The van der Waals surface area contributed by atoms with Crippen LogP contribution in [0.25, 0.3) is 0 Å². The van der Waals surface area contributed by atoms with Crippen LogP contribution in [-0.2, 0) is 10.2 Å². The van der Waals surface area contributed by atoms with E-state index in [2.05, 4.69) is 60.8 Å². The first-order valence-electron chi connectivity index (χ1n) is 6.77. The Balaban J connectivity index is 2.93. The molecule has 0 aliphatic carbocycles. The molecule has 0 heterocycles. The third kappa shape index (κ3) is 4.87. The van der Waals surface area contributed by atoms with E-state index in [1.807, 2.05) is 6.07 Å². The second kappa shape index (κ2) is 5.96. The van der Waals surface area contributed by atoms with Crippen molar-refractivity contribution < 1.29 is 9.47 Å². The van der Waals surface area contributed by atoms with Gasteiger partial charge in [0, 0.05) is 0 Å². The van der Waals surface area contributed by atoms with Crippen LogP contribution in [0.3, 0.4) is 0 Å². The van der Waals surface area contributed by atoms with Gasteiger partial charge in [0.05, 0.1) is 7.11 Å². The monoisotopic (exact) mass is 263 g/mol. The van der Waals surface area contributed by atoms with Crippen LogP contribution >= 0.6 is 0 Å². The van der Waals surface area contributed by atoms with E-state index in [0.29, 0.717) is 5.41 Å². The highest BCUT2D eigenvalue weighted by molar-refractivity contribution is 5.39. The van der Waals surface area contributed by atoms with Gasteiger partial charge in [0.25, 0.3) is 0 Å². The summed E-state index contributed by atoms with van der Waals surface area (Å²) >= 11 is 0. The molecule has 0 unspecified atom stereocenters. The summed E-state index contributed by atoms with van der Waals surface area (Å²) in [4.78, 5) is 0. The van der Waals surface area contributed by atoms with Crippen molar-refractivity contribution in [1.29, 1.82) is 0 Å². The van der Waals surface area contributed by atoms with E-state index in [0.717, 1.165) is 17.7 Å². The van der Waals surface area contributed by atoms with Gasteiger partial charge in [-0.15, -0.1) is 0 Å². The highest BCUT2D eigenvalue weighted by atomic mass is 16.7. The van der Waals surface area contributed by atoms with Crippen LogP contribution in [-0.4, -0.2) is 6.79 Å². The van der Waals surface area contributed by atoms with Crippen molar-refractivity contribution in [3.05, 3.63) is 36.4 Å². The Kier molecular flexibility index (Phi) is 5.03. The van der Waals surface area contributed by atoms with E-state index in [1.54, 1.807) is 0 Å². The van der Waals surface area contributed by atoms with E-state index in [9.17, 15) is 0 Å². The van der Waals surface area contributed by atoms with Crippen molar-refractivity contribution in [2.24, 2.45) is 5.41 Å². The first-order valence-corrected chi connectivity index (χ1v) is 6.77. The topological polar surface area (TPSA) is 18.5 Å². The number of rotatable bonds is 5. The van der Waals surface area contributed by atoms with Gasteiger partial charge in [0.15, 0.2) is 6.79 Å².